The second kappa shape index (κ2) is 4.12. The van der Waals surface area contributed by atoms with Crippen LogP contribution in [-0.2, 0) is 0 Å². The Morgan fingerprint density at radius 2 is 1.90 bits per heavy atom. The summed E-state index contributed by atoms with van der Waals surface area (Å²) in [5, 5.41) is 10.0. The van der Waals surface area contributed by atoms with Crippen molar-refractivity contribution in [3.63, 3.8) is 0 Å². The van der Waals surface area contributed by atoms with Crippen LogP contribution in [0.2, 0.25) is 10.0 Å². The number of halogens is 2. The first-order valence-electron chi connectivity index (χ1n) is 5.29. The van der Waals surface area contributed by atoms with Gasteiger partial charge in [-0.3, -0.25) is 15.0 Å². The maximum absolute atomic E-state index is 11.2. The second-order valence-electron chi connectivity index (χ2n) is 4.05. The number of aromatic carboxylic acids is 1. The van der Waals surface area contributed by atoms with Gasteiger partial charge in [-0.15, -0.1) is 0 Å². The minimum Gasteiger partial charge on any atom is -0.477 e. The molecule has 0 unspecified atom stereocenters. The molecule has 7 nitrogen and oxygen atoms in total. The van der Waals surface area contributed by atoms with Crippen molar-refractivity contribution in [3.05, 3.63) is 48.6 Å². The molecule has 0 aliphatic heterocycles. The number of nitrogens with one attached hydrogen (secondary N) is 2. The van der Waals surface area contributed by atoms with Crippen molar-refractivity contribution in [1.82, 2.24) is 9.66 Å². The number of aromatic nitrogens is 2. The number of hydrogen-bond acceptors (Lipinski definition) is 4. The van der Waals surface area contributed by atoms with Crippen LogP contribution in [-0.4, -0.2) is 20.7 Å². The average Bonchev–Trinajstić information content (AvgIpc) is 2.79. The van der Waals surface area contributed by atoms with Crippen molar-refractivity contribution in [2.24, 2.45) is 0 Å². The molecule has 0 saturated carbocycles. The largest absolute Gasteiger partial charge is 0.477 e. The monoisotopic (exact) mass is 313 g/mol. The molecule has 0 bridgehead atoms. The van der Waals surface area contributed by atoms with E-state index in [2.05, 4.69) is 10.4 Å². The number of carboxylic acids is 1. The number of H-pyrrole nitrogens is 1. The number of hydrogen-bond donors (Lipinski definition) is 3. The summed E-state index contributed by atoms with van der Waals surface area (Å²) in [6, 6.07) is 2.92. The van der Waals surface area contributed by atoms with Gasteiger partial charge in [-0.05, 0) is 12.1 Å². The molecule has 3 N–H and O–H groups in total. The van der Waals surface area contributed by atoms with Gasteiger partial charge in [0.2, 0.25) is 0 Å². The van der Waals surface area contributed by atoms with Crippen LogP contribution in [0.25, 0.3) is 10.9 Å². The molecule has 3 rings (SSSR count). The Kier molecular flexibility index (Phi) is 2.63. The minimum atomic E-state index is -1.27. The number of anilines is 1. The number of nitrogens with zero attached hydrogens (tertiary/aromatic N) is 1. The van der Waals surface area contributed by atoms with Crippen LogP contribution in [0, 0.1) is 0 Å². The molecule has 0 atom stereocenters. The molecule has 0 saturated heterocycles. The zero-order valence-electron chi connectivity index (χ0n) is 9.53. The molecular weight excluding hydrogens is 309 g/mol. The van der Waals surface area contributed by atoms with Gasteiger partial charge in [0.25, 0.3) is 0 Å². The predicted octanol–water partition coefficient (Wildman–Crippen LogP) is 1.45. The lowest BCUT2D eigenvalue weighted by molar-refractivity contribution is 0.0692. The molecule has 3 aromatic rings. The zero-order valence-corrected chi connectivity index (χ0v) is 11.0. The Morgan fingerprint density at radius 1 is 1.25 bits per heavy atom. The lowest BCUT2D eigenvalue weighted by atomic mass is 10.2. The number of benzene rings is 1. The molecule has 2 aromatic heterocycles. The van der Waals surface area contributed by atoms with Gasteiger partial charge in [-0.1, -0.05) is 23.2 Å². The Labute approximate surface area is 120 Å². The van der Waals surface area contributed by atoms with Crippen LogP contribution < -0.4 is 16.5 Å². The maximum atomic E-state index is 11.2. The summed E-state index contributed by atoms with van der Waals surface area (Å²) >= 11 is 11.9. The van der Waals surface area contributed by atoms with E-state index in [0.717, 1.165) is 0 Å². The van der Waals surface area contributed by atoms with E-state index in [1.807, 2.05) is 0 Å². The van der Waals surface area contributed by atoms with E-state index in [1.54, 1.807) is 0 Å². The van der Waals surface area contributed by atoms with E-state index >= 15 is 0 Å². The highest BCUT2D eigenvalue weighted by atomic mass is 35.5. The minimum absolute atomic E-state index is 0.0355. The van der Waals surface area contributed by atoms with Gasteiger partial charge in [-0.25, -0.2) is 4.79 Å². The highest BCUT2D eigenvalue weighted by molar-refractivity contribution is 6.39. The topological polar surface area (TPSA) is 104 Å². The molecule has 2 heterocycles. The molecule has 0 fully saturated rings. The predicted molar refractivity (Wildman–Crippen MR) is 73.6 cm³/mol. The van der Waals surface area contributed by atoms with Gasteiger partial charge in [-0.2, -0.15) is 4.68 Å². The van der Waals surface area contributed by atoms with Crippen LogP contribution in [0.1, 0.15) is 10.5 Å². The second-order valence-corrected chi connectivity index (χ2v) is 4.89. The van der Waals surface area contributed by atoms with Crippen molar-refractivity contribution in [2.75, 3.05) is 5.43 Å². The smallest absolute Gasteiger partial charge is 0.354 e. The number of carboxylic acid groups (broad SMARTS) is 1. The van der Waals surface area contributed by atoms with E-state index < -0.39 is 17.1 Å². The fourth-order valence-electron chi connectivity index (χ4n) is 1.87. The van der Waals surface area contributed by atoms with Crippen LogP contribution >= 0.6 is 23.2 Å². The maximum Gasteiger partial charge on any atom is 0.354 e. The third-order valence-electron chi connectivity index (χ3n) is 2.79. The van der Waals surface area contributed by atoms with Gasteiger partial charge in [0.15, 0.2) is 5.69 Å². The first-order valence-corrected chi connectivity index (χ1v) is 6.05. The molecule has 1 aromatic carbocycles. The SMILES string of the molecule is O=C(O)c1[nH]c2cc(Cl)cc(Cl)c2c1Nn1c(=O)c1=O. The summed E-state index contributed by atoms with van der Waals surface area (Å²) < 4.78 is 0.694. The van der Waals surface area contributed by atoms with E-state index in [0.29, 0.717) is 20.6 Å². The van der Waals surface area contributed by atoms with Gasteiger partial charge in [0, 0.05) is 10.4 Å². The Balaban J connectivity index is 2.29. The van der Waals surface area contributed by atoms with Gasteiger partial charge < -0.3 is 10.1 Å². The number of rotatable bonds is 3. The van der Waals surface area contributed by atoms with Crippen molar-refractivity contribution in [1.29, 1.82) is 0 Å². The zero-order chi connectivity index (χ0) is 14.6. The molecule has 0 spiro atoms. The summed E-state index contributed by atoms with van der Waals surface area (Å²) in [5.41, 5.74) is 1.13. The van der Waals surface area contributed by atoms with E-state index in [9.17, 15) is 14.4 Å². The average molecular weight is 314 g/mol. The van der Waals surface area contributed by atoms with E-state index in [4.69, 9.17) is 28.3 Å². The molecule has 20 heavy (non-hydrogen) atoms. The Bertz CT molecular complexity index is 908. The van der Waals surface area contributed by atoms with Crippen molar-refractivity contribution >= 4 is 45.8 Å². The highest BCUT2D eigenvalue weighted by Crippen LogP contribution is 2.35. The van der Waals surface area contributed by atoms with E-state index in [-0.39, 0.29) is 16.4 Å². The summed E-state index contributed by atoms with van der Waals surface area (Å²) in [6.07, 6.45) is 0. The fourth-order valence-corrected chi connectivity index (χ4v) is 2.46. The first-order chi connectivity index (χ1) is 9.40. The Hall–Kier alpha value is -2.25. The van der Waals surface area contributed by atoms with Crippen molar-refractivity contribution in [3.8, 4) is 0 Å². The highest BCUT2D eigenvalue weighted by Gasteiger charge is 2.24. The van der Waals surface area contributed by atoms with Gasteiger partial charge >= 0.3 is 17.1 Å². The molecule has 0 radical (unpaired) electrons. The van der Waals surface area contributed by atoms with Gasteiger partial charge in [0.05, 0.1) is 16.2 Å². The summed E-state index contributed by atoms with van der Waals surface area (Å²) in [6.45, 7) is 0. The molecule has 102 valence electrons. The number of fused-ring (bicyclic) bond motifs is 1. The summed E-state index contributed by atoms with van der Waals surface area (Å²) in [7, 11) is 0. The third-order valence-corrected chi connectivity index (χ3v) is 3.31. The fraction of sp³-hybridized carbons (Fsp3) is 0. The number of carbonyl (C=O) groups is 1. The lowest BCUT2D eigenvalue weighted by Gasteiger charge is -2.03. The van der Waals surface area contributed by atoms with Crippen molar-refractivity contribution < 1.29 is 9.90 Å². The molecule has 0 aliphatic rings. The third kappa shape index (κ3) is 1.79. The van der Waals surface area contributed by atoms with E-state index in [1.165, 1.54) is 12.1 Å². The number of aromatic amines is 1. The van der Waals surface area contributed by atoms with Gasteiger partial charge in [0.1, 0.15) is 0 Å². The lowest BCUT2D eigenvalue weighted by Crippen LogP contribution is -2.11. The van der Waals surface area contributed by atoms with Crippen LogP contribution in [0.3, 0.4) is 0 Å². The standard InChI is InChI=1S/C11H5Cl2N3O4/c12-3-1-4(13)6-5(2-3)14-8(11(19)20)7(6)15-16-9(17)10(16)18/h1-2,14-15H,(H,19,20). The van der Waals surface area contributed by atoms with Crippen LogP contribution in [0.5, 0.6) is 0 Å². The van der Waals surface area contributed by atoms with Crippen molar-refractivity contribution in [2.45, 2.75) is 0 Å². The molecule has 0 amide bonds. The molecule has 9 heteroatoms. The normalized spacial score (nSPS) is 11.3. The van der Waals surface area contributed by atoms with Crippen LogP contribution in [0.4, 0.5) is 5.69 Å². The molecular formula is C11H5Cl2N3O4. The van der Waals surface area contributed by atoms with Crippen LogP contribution in [0.15, 0.2) is 21.7 Å². The quantitative estimate of drug-likeness (QED) is 0.635. The molecule has 0 aliphatic carbocycles. The first kappa shape index (κ1) is 12.8. The Morgan fingerprint density at radius 3 is 2.45 bits per heavy atom. The summed E-state index contributed by atoms with van der Waals surface area (Å²) in [5.74, 6) is -1.27. The summed E-state index contributed by atoms with van der Waals surface area (Å²) in [4.78, 5) is 35.8.